The third kappa shape index (κ3) is 5.72. The molecule has 2 aliphatic rings. The lowest BCUT2D eigenvalue weighted by Gasteiger charge is -2.35. The number of nitrogens with zero attached hydrogens (tertiary/aromatic N) is 2. The number of H-pyrrole nitrogens is 1. The van der Waals surface area contributed by atoms with E-state index in [1.165, 1.54) is 36.8 Å². The van der Waals surface area contributed by atoms with Gasteiger partial charge in [0.1, 0.15) is 11.5 Å². The van der Waals surface area contributed by atoms with Crippen molar-refractivity contribution < 1.29 is 23.9 Å². The van der Waals surface area contributed by atoms with Gasteiger partial charge in [0, 0.05) is 43.6 Å². The van der Waals surface area contributed by atoms with Gasteiger partial charge in [-0.1, -0.05) is 11.6 Å². The number of halogens is 2. The van der Waals surface area contributed by atoms with Crippen LogP contribution in [0.15, 0.2) is 18.2 Å². The summed E-state index contributed by atoms with van der Waals surface area (Å²) >= 11 is 5.82. The van der Waals surface area contributed by atoms with Crippen LogP contribution in [0.3, 0.4) is 0 Å². The number of hydrogen-bond donors (Lipinski definition) is 3. The molecule has 1 saturated carbocycles. The Bertz CT molecular complexity index is 1060. The first-order valence-electron chi connectivity index (χ1n) is 10.8. The lowest BCUT2D eigenvalue weighted by atomic mass is 10.0. The number of aromatic amines is 1. The third-order valence-electron chi connectivity index (χ3n) is 5.89. The van der Waals surface area contributed by atoms with Gasteiger partial charge in [0.15, 0.2) is 0 Å². The van der Waals surface area contributed by atoms with Crippen LogP contribution in [0.2, 0.25) is 5.02 Å². The van der Waals surface area contributed by atoms with Crippen molar-refractivity contribution in [2.75, 3.05) is 38.1 Å². The number of anilines is 1. The Kier molecular flexibility index (Phi) is 7.76. The van der Waals surface area contributed by atoms with Gasteiger partial charge in [-0.25, -0.2) is 9.18 Å². The number of benzene rings is 1. The number of carboxylic acids is 1. The highest BCUT2D eigenvalue weighted by atomic mass is 35.5. The lowest BCUT2D eigenvalue weighted by molar-refractivity contribution is -0.126. The Hall–Kier alpha value is -2.91. The highest BCUT2D eigenvalue weighted by Crippen LogP contribution is 2.24. The number of ketones is 1. The van der Waals surface area contributed by atoms with Gasteiger partial charge in [-0.3, -0.25) is 9.59 Å². The van der Waals surface area contributed by atoms with Gasteiger partial charge < -0.3 is 25.2 Å². The normalized spacial score (nSPS) is 15.7. The first kappa shape index (κ1) is 24.7. The number of rotatable bonds is 5. The quantitative estimate of drug-likeness (QED) is 0.450. The van der Waals surface area contributed by atoms with E-state index in [2.05, 4.69) is 10.3 Å². The van der Waals surface area contributed by atoms with Crippen LogP contribution in [0.25, 0.3) is 0 Å². The summed E-state index contributed by atoms with van der Waals surface area (Å²) in [6, 6.07) is 5.31. The van der Waals surface area contributed by atoms with Crippen molar-refractivity contribution in [3.63, 3.8) is 0 Å². The van der Waals surface area contributed by atoms with Crippen molar-refractivity contribution in [2.24, 2.45) is 0 Å². The molecule has 0 bridgehead atoms. The number of hydrogen-bond acceptors (Lipinski definition) is 5. The van der Waals surface area contributed by atoms with E-state index in [4.69, 9.17) is 11.6 Å². The summed E-state index contributed by atoms with van der Waals surface area (Å²) in [7, 11) is 2.01. The molecule has 0 radical (unpaired) electrons. The molecule has 1 amide bonds. The number of carboxylic acid groups (broad SMARTS) is 1. The van der Waals surface area contributed by atoms with E-state index in [1.807, 2.05) is 11.9 Å². The molecule has 10 heteroatoms. The summed E-state index contributed by atoms with van der Waals surface area (Å²) < 4.78 is 13.3. The topological polar surface area (TPSA) is 106 Å². The molecule has 2 heterocycles. The number of nitrogens with one attached hydrogen (secondary N) is 2. The third-order valence-corrected chi connectivity index (χ3v) is 6.18. The Morgan fingerprint density at radius 2 is 1.79 bits per heavy atom. The fourth-order valence-electron chi connectivity index (χ4n) is 3.78. The molecule has 33 heavy (non-hydrogen) atoms. The van der Waals surface area contributed by atoms with Crippen LogP contribution in [-0.2, 0) is 4.79 Å². The molecule has 2 fully saturated rings. The standard InChI is InChI=1S/C19H19ClFN3O4.C4H9N/c1-10-15(11(2)22-16(10)19(27)28)17(25)18(26)24-7-5-23(6-8-24)12-3-4-14(21)13(20)9-12;1-5-4-2-3-4/h3-4,9,22H,5-8H2,1-2H3,(H,27,28);4-5H,2-3H2,1H3. The van der Waals surface area contributed by atoms with E-state index in [0.29, 0.717) is 31.9 Å². The molecule has 0 spiro atoms. The van der Waals surface area contributed by atoms with Gasteiger partial charge >= 0.3 is 5.97 Å². The molecule has 4 rings (SSSR count). The minimum absolute atomic E-state index is 0.0267. The molecule has 3 N–H and O–H groups in total. The molecule has 178 valence electrons. The molecule has 2 aromatic rings. The highest BCUT2D eigenvalue weighted by Gasteiger charge is 2.31. The van der Waals surface area contributed by atoms with Crippen LogP contribution >= 0.6 is 11.6 Å². The van der Waals surface area contributed by atoms with Crippen LogP contribution in [0.4, 0.5) is 10.1 Å². The molecule has 1 aliphatic carbocycles. The average molecular weight is 479 g/mol. The van der Waals surface area contributed by atoms with Crippen molar-refractivity contribution in [1.82, 2.24) is 15.2 Å². The zero-order valence-electron chi connectivity index (χ0n) is 18.9. The van der Waals surface area contributed by atoms with Crippen LogP contribution < -0.4 is 10.2 Å². The van der Waals surface area contributed by atoms with Crippen LogP contribution in [0.1, 0.15) is 44.9 Å². The van der Waals surface area contributed by atoms with Gasteiger partial charge in [-0.05, 0) is 57.5 Å². The highest BCUT2D eigenvalue weighted by molar-refractivity contribution is 6.43. The molecule has 0 atom stereocenters. The largest absolute Gasteiger partial charge is 0.477 e. The Morgan fingerprint density at radius 1 is 1.15 bits per heavy atom. The number of carbonyl (C=O) groups excluding carboxylic acids is 2. The molecule has 1 aromatic carbocycles. The van der Waals surface area contributed by atoms with Crippen molar-refractivity contribution in [2.45, 2.75) is 32.7 Å². The fraction of sp³-hybridized carbons (Fsp3) is 0.435. The van der Waals surface area contributed by atoms with Gasteiger partial charge in [0.25, 0.3) is 11.7 Å². The summed E-state index contributed by atoms with van der Waals surface area (Å²) in [4.78, 5) is 42.6. The number of Topliss-reactive ketones (excluding diaryl/α,β-unsaturated/α-hetero) is 1. The van der Waals surface area contributed by atoms with E-state index < -0.39 is 23.5 Å². The van der Waals surface area contributed by atoms with Gasteiger partial charge in [-0.15, -0.1) is 0 Å². The Morgan fingerprint density at radius 3 is 2.24 bits per heavy atom. The lowest BCUT2D eigenvalue weighted by Crippen LogP contribution is -2.50. The number of aromatic nitrogens is 1. The van der Waals surface area contributed by atoms with E-state index in [-0.39, 0.29) is 21.8 Å². The predicted molar refractivity (Wildman–Crippen MR) is 124 cm³/mol. The molecule has 0 unspecified atom stereocenters. The Labute approximate surface area is 196 Å². The van der Waals surface area contributed by atoms with E-state index >= 15 is 0 Å². The molecule has 8 nitrogen and oxygen atoms in total. The maximum Gasteiger partial charge on any atom is 0.352 e. The minimum atomic E-state index is -1.18. The molecule has 1 aliphatic heterocycles. The number of aryl methyl sites for hydroxylation is 1. The summed E-state index contributed by atoms with van der Waals surface area (Å²) in [5.41, 5.74) is 1.37. The first-order chi connectivity index (χ1) is 15.6. The monoisotopic (exact) mass is 478 g/mol. The number of amides is 1. The second-order valence-electron chi connectivity index (χ2n) is 8.20. The SMILES string of the molecule is CNC1CC1.Cc1[nH]c(C(=O)O)c(C)c1C(=O)C(=O)N1CCN(c2ccc(F)c(Cl)c2)CC1. The zero-order chi connectivity index (χ0) is 24.3. The van der Waals surface area contributed by atoms with Crippen LogP contribution in [0.5, 0.6) is 0 Å². The van der Waals surface area contributed by atoms with Gasteiger partial charge in [-0.2, -0.15) is 0 Å². The minimum Gasteiger partial charge on any atom is -0.477 e. The molecular formula is C23H28ClFN4O4. The zero-order valence-corrected chi connectivity index (χ0v) is 19.6. The van der Waals surface area contributed by atoms with Gasteiger partial charge in [0.05, 0.1) is 10.6 Å². The first-order valence-corrected chi connectivity index (χ1v) is 11.1. The molecule has 1 saturated heterocycles. The van der Waals surface area contributed by atoms with Gasteiger partial charge in [0.2, 0.25) is 0 Å². The second kappa shape index (κ2) is 10.4. The van der Waals surface area contributed by atoms with E-state index in [0.717, 1.165) is 11.7 Å². The summed E-state index contributed by atoms with van der Waals surface area (Å²) in [5, 5.41) is 12.3. The van der Waals surface area contributed by atoms with E-state index in [9.17, 15) is 23.9 Å². The van der Waals surface area contributed by atoms with Crippen molar-refractivity contribution in [3.8, 4) is 0 Å². The molecule has 1 aromatic heterocycles. The molecular weight excluding hydrogens is 451 g/mol. The summed E-state index contributed by atoms with van der Waals surface area (Å²) in [6.45, 7) is 4.63. The predicted octanol–water partition coefficient (Wildman–Crippen LogP) is 3.02. The fourth-order valence-corrected chi connectivity index (χ4v) is 3.95. The maximum absolute atomic E-state index is 13.3. The second-order valence-corrected chi connectivity index (χ2v) is 8.61. The van der Waals surface area contributed by atoms with Crippen molar-refractivity contribution >= 4 is 34.9 Å². The van der Waals surface area contributed by atoms with Crippen molar-refractivity contribution in [1.29, 1.82) is 0 Å². The van der Waals surface area contributed by atoms with Crippen LogP contribution in [0, 0.1) is 19.7 Å². The number of carbonyl (C=O) groups is 3. The Balaban J connectivity index is 0.000000541. The number of aromatic carboxylic acids is 1. The van der Waals surface area contributed by atoms with Crippen LogP contribution in [-0.4, -0.2) is 71.9 Å². The van der Waals surface area contributed by atoms with E-state index in [1.54, 1.807) is 13.0 Å². The van der Waals surface area contributed by atoms with Crippen molar-refractivity contribution in [3.05, 3.63) is 51.6 Å². The smallest absolute Gasteiger partial charge is 0.352 e. The summed E-state index contributed by atoms with van der Waals surface area (Å²) in [5.74, 6) is -3.07. The summed E-state index contributed by atoms with van der Waals surface area (Å²) in [6.07, 6.45) is 2.80. The maximum atomic E-state index is 13.3. The average Bonchev–Trinajstić information content (AvgIpc) is 3.59. The number of piperazine rings is 1.